The second kappa shape index (κ2) is 9.97. The van der Waals surface area contributed by atoms with Crippen LogP contribution in [-0.4, -0.2) is 31.0 Å². The van der Waals surface area contributed by atoms with Gasteiger partial charge in [0.25, 0.3) is 0 Å². The van der Waals surface area contributed by atoms with Crippen LogP contribution in [0.2, 0.25) is 0 Å². The van der Waals surface area contributed by atoms with Crippen molar-refractivity contribution in [2.24, 2.45) is 0 Å². The maximum absolute atomic E-state index is 13.1. The second-order valence-electron chi connectivity index (χ2n) is 6.25. The average Bonchev–Trinajstić information content (AvgIpc) is 2.70. The molecule has 0 saturated heterocycles. The third kappa shape index (κ3) is 4.85. The molecular formula is C22H30N2O2. The molecule has 2 aromatic carbocycles. The molecule has 4 heteroatoms. The first-order chi connectivity index (χ1) is 12.6. The van der Waals surface area contributed by atoms with E-state index >= 15 is 0 Å². The molecule has 0 aliphatic heterocycles. The fourth-order valence-corrected chi connectivity index (χ4v) is 3.16. The Hall–Kier alpha value is -2.33. The molecule has 0 aliphatic carbocycles. The number of hydrogen-bond donors (Lipinski definition) is 1. The molecule has 26 heavy (non-hydrogen) atoms. The number of benzene rings is 2. The summed E-state index contributed by atoms with van der Waals surface area (Å²) >= 11 is 0. The zero-order valence-corrected chi connectivity index (χ0v) is 16.2. The van der Waals surface area contributed by atoms with Crippen molar-refractivity contribution in [2.75, 3.05) is 20.2 Å². The van der Waals surface area contributed by atoms with E-state index in [1.807, 2.05) is 61.2 Å². The Kier molecular flexibility index (Phi) is 7.67. The summed E-state index contributed by atoms with van der Waals surface area (Å²) in [6.45, 7) is 7.58. The van der Waals surface area contributed by atoms with Gasteiger partial charge < -0.3 is 9.64 Å². The van der Waals surface area contributed by atoms with Gasteiger partial charge in [-0.3, -0.25) is 10.1 Å². The van der Waals surface area contributed by atoms with Crippen molar-refractivity contribution in [3.63, 3.8) is 0 Å². The van der Waals surface area contributed by atoms with E-state index in [0.29, 0.717) is 13.1 Å². The predicted octanol–water partition coefficient (Wildman–Crippen LogP) is 4.35. The molecule has 0 spiro atoms. The number of hydrogen-bond acceptors (Lipinski definition) is 3. The van der Waals surface area contributed by atoms with E-state index in [1.165, 1.54) is 0 Å². The normalized spacial score (nSPS) is 13.1. The van der Waals surface area contributed by atoms with Crippen molar-refractivity contribution < 1.29 is 9.53 Å². The highest BCUT2D eigenvalue weighted by Crippen LogP contribution is 2.25. The number of methoxy groups -OCH3 is 1. The van der Waals surface area contributed by atoms with Crippen LogP contribution in [0, 0.1) is 0 Å². The predicted molar refractivity (Wildman–Crippen MR) is 106 cm³/mol. The van der Waals surface area contributed by atoms with E-state index in [2.05, 4.69) is 24.4 Å². The average molecular weight is 354 g/mol. The van der Waals surface area contributed by atoms with Crippen LogP contribution in [0.25, 0.3) is 0 Å². The topological polar surface area (TPSA) is 41.6 Å². The maximum atomic E-state index is 13.1. The van der Waals surface area contributed by atoms with Crippen molar-refractivity contribution in [2.45, 2.75) is 39.3 Å². The number of amides is 1. The Balaban J connectivity index is 2.30. The zero-order chi connectivity index (χ0) is 18.9. The number of ether oxygens (including phenoxy) is 1. The first-order valence-corrected chi connectivity index (χ1v) is 9.38. The van der Waals surface area contributed by atoms with Crippen molar-refractivity contribution >= 4 is 5.91 Å². The molecule has 0 heterocycles. The quantitative estimate of drug-likeness (QED) is 0.728. The molecule has 0 aromatic heterocycles. The van der Waals surface area contributed by atoms with Gasteiger partial charge in [-0.25, -0.2) is 0 Å². The summed E-state index contributed by atoms with van der Waals surface area (Å²) in [6.07, 6.45) is 0.890. The van der Waals surface area contributed by atoms with Crippen LogP contribution in [0.1, 0.15) is 50.4 Å². The van der Waals surface area contributed by atoms with Crippen molar-refractivity contribution in [3.05, 3.63) is 65.7 Å². The lowest BCUT2D eigenvalue weighted by Gasteiger charge is -2.29. The second-order valence-corrected chi connectivity index (χ2v) is 6.25. The van der Waals surface area contributed by atoms with Gasteiger partial charge in [-0.1, -0.05) is 49.4 Å². The summed E-state index contributed by atoms with van der Waals surface area (Å²) in [5.41, 5.74) is 2.15. The highest BCUT2D eigenvalue weighted by atomic mass is 16.5. The Labute approximate surface area is 157 Å². The number of nitrogens with one attached hydrogen (secondary N) is 1. The molecule has 140 valence electrons. The van der Waals surface area contributed by atoms with Crippen LogP contribution >= 0.6 is 0 Å². The lowest BCUT2D eigenvalue weighted by Crippen LogP contribution is -2.42. The molecule has 2 aromatic rings. The van der Waals surface area contributed by atoms with Crippen molar-refractivity contribution in [3.8, 4) is 5.75 Å². The largest absolute Gasteiger partial charge is 0.497 e. The third-order valence-corrected chi connectivity index (χ3v) is 4.75. The first kappa shape index (κ1) is 20.0. The summed E-state index contributed by atoms with van der Waals surface area (Å²) in [6, 6.07) is 17.7. The summed E-state index contributed by atoms with van der Waals surface area (Å²) in [5, 5.41) is 3.59. The van der Waals surface area contributed by atoms with E-state index in [0.717, 1.165) is 23.3 Å². The summed E-state index contributed by atoms with van der Waals surface area (Å²) < 4.78 is 5.25. The number of carbonyl (C=O) groups is 1. The van der Waals surface area contributed by atoms with Crippen molar-refractivity contribution in [1.29, 1.82) is 0 Å². The minimum Gasteiger partial charge on any atom is -0.497 e. The van der Waals surface area contributed by atoms with Gasteiger partial charge in [0, 0.05) is 19.1 Å². The third-order valence-electron chi connectivity index (χ3n) is 4.75. The fourth-order valence-electron chi connectivity index (χ4n) is 3.16. The summed E-state index contributed by atoms with van der Waals surface area (Å²) in [4.78, 5) is 15.0. The van der Waals surface area contributed by atoms with Gasteiger partial charge in [0.15, 0.2) is 0 Å². The van der Waals surface area contributed by atoms with Crippen LogP contribution < -0.4 is 10.1 Å². The molecule has 0 fully saturated rings. The molecule has 0 aliphatic rings. The van der Waals surface area contributed by atoms with Crippen LogP contribution in [0.3, 0.4) is 0 Å². The summed E-state index contributed by atoms with van der Waals surface area (Å²) in [5.74, 6) is 0.954. The molecule has 2 unspecified atom stereocenters. The van der Waals surface area contributed by atoms with Crippen molar-refractivity contribution in [1.82, 2.24) is 10.2 Å². The number of nitrogens with zero attached hydrogens (tertiary/aromatic N) is 1. The molecule has 1 amide bonds. The molecule has 0 radical (unpaired) electrons. The lowest BCUT2D eigenvalue weighted by molar-refractivity contribution is -0.133. The van der Waals surface area contributed by atoms with Gasteiger partial charge in [0.1, 0.15) is 11.8 Å². The fraction of sp³-hybridized carbons (Fsp3) is 0.409. The molecular weight excluding hydrogens is 324 g/mol. The molecule has 1 N–H and O–H groups in total. The molecule has 0 saturated carbocycles. The van der Waals surface area contributed by atoms with E-state index in [1.54, 1.807) is 7.11 Å². The van der Waals surface area contributed by atoms with Gasteiger partial charge in [-0.15, -0.1) is 0 Å². The van der Waals surface area contributed by atoms with Gasteiger partial charge in [0.05, 0.1) is 7.11 Å². The minimum atomic E-state index is -0.358. The smallest absolute Gasteiger partial charge is 0.244 e. The molecule has 2 atom stereocenters. The molecule has 4 nitrogen and oxygen atoms in total. The number of likely N-dealkylation sites (N-methyl/N-ethyl adjacent to an activating group) is 1. The number of rotatable bonds is 9. The zero-order valence-electron chi connectivity index (χ0n) is 16.2. The Morgan fingerprint density at radius 1 is 0.962 bits per heavy atom. The van der Waals surface area contributed by atoms with Crippen LogP contribution in [0.15, 0.2) is 54.6 Å². The van der Waals surface area contributed by atoms with E-state index in [-0.39, 0.29) is 18.0 Å². The standard InChI is InChI=1S/C22H30N2O2/c1-5-20(17-13-15-19(26-4)16-14-17)23-21(18-11-9-8-10-12-18)22(25)24(6-2)7-3/h8-16,20-21,23H,5-7H2,1-4H3. The highest BCUT2D eigenvalue weighted by Gasteiger charge is 2.27. The Morgan fingerprint density at radius 3 is 2.08 bits per heavy atom. The monoisotopic (exact) mass is 354 g/mol. The lowest BCUT2D eigenvalue weighted by atomic mass is 9.99. The van der Waals surface area contributed by atoms with Crippen LogP contribution in [0.4, 0.5) is 0 Å². The SMILES string of the molecule is CCC(NC(C(=O)N(CC)CC)c1ccccc1)c1ccc(OC)cc1. The Morgan fingerprint density at radius 2 is 1.58 bits per heavy atom. The Bertz CT molecular complexity index is 666. The van der Waals surface area contributed by atoms with E-state index in [9.17, 15) is 4.79 Å². The summed E-state index contributed by atoms with van der Waals surface area (Å²) in [7, 11) is 1.67. The van der Waals surface area contributed by atoms with E-state index < -0.39 is 0 Å². The van der Waals surface area contributed by atoms with E-state index in [4.69, 9.17) is 4.74 Å². The molecule has 0 bridgehead atoms. The van der Waals surface area contributed by atoms with Crippen LogP contribution in [0.5, 0.6) is 5.75 Å². The van der Waals surface area contributed by atoms with Gasteiger partial charge >= 0.3 is 0 Å². The first-order valence-electron chi connectivity index (χ1n) is 9.38. The molecule has 2 rings (SSSR count). The van der Waals surface area contributed by atoms with Gasteiger partial charge in [-0.05, 0) is 43.5 Å². The maximum Gasteiger partial charge on any atom is 0.244 e. The van der Waals surface area contributed by atoms with Crippen LogP contribution in [-0.2, 0) is 4.79 Å². The minimum absolute atomic E-state index is 0.0885. The number of carbonyl (C=O) groups excluding carboxylic acids is 1. The highest BCUT2D eigenvalue weighted by molar-refractivity contribution is 5.83. The van der Waals surface area contributed by atoms with Gasteiger partial charge in [-0.2, -0.15) is 0 Å². The van der Waals surface area contributed by atoms with Gasteiger partial charge in [0.2, 0.25) is 5.91 Å².